The predicted molar refractivity (Wildman–Crippen MR) is 131 cm³/mol. The van der Waals surface area contributed by atoms with E-state index in [2.05, 4.69) is 15.3 Å². The molecular formula is C27H24N4O2. The highest BCUT2D eigenvalue weighted by molar-refractivity contribution is 6.23. The van der Waals surface area contributed by atoms with Crippen LogP contribution in [0.4, 0.5) is 0 Å². The molecule has 0 spiro atoms. The SMILES string of the molecule is O=C(NCc1ccccc1)c1ccc2c(c1)c1c(=O)[nH]ccc1c1[nH]c(C3CCCC3)nc21. The van der Waals surface area contributed by atoms with Crippen LogP contribution in [0.1, 0.15) is 53.3 Å². The largest absolute Gasteiger partial charge is 0.348 e. The van der Waals surface area contributed by atoms with Gasteiger partial charge in [0.05, 0.1) is 16.4 Å². The number of nitrogens with zero attached hydrogens (tertiary/aromatic N) is 1. The molecule has 6 heteroatoms. The van der Waals surface area contributed by atoms with E-state index in [1.165, 1.54) is 12.8 Å². The quantitative estimate of drug-likeness (QED) is 0.341. The molecule has 2 aromatic heterocycles. The fourth-order valence-corrected chi connectivity index (χ4v) is 5.11. The molecule has 1 aliphatic rings. The first-order valence-electron chi connectivity index (χ1n) is 11.5. The van der Waals surface area contributed by atoms with Gasteiger partial charge in [0.2, 0.25) is 0 Å². The summed E-state index contributed by atoms with van der Waals surface area (Å²) in [6, 6.07) is 17.3. The monoisotopic (exact) mass is 436 g/mol. The normalized spacial score (nSPS) is 14.4. The molecule has 0 saturated heterocycles. The van der Waals surface area contributed by atoms with E-state index < -0.39 is 0 Å². The molecule has 0 radical (unpaired) electrons. The van der Waals surface area contributed by atoms with Gasteiger partial charge in [-0.1, -0.05) is 49.2 Å². The second-order valence-electron chi connectivity index (χ2n) is 8.85. The van der Waals surface area contributed by atoms with Crippen molar-refractivity contribution < 1.29 is 4.79 Å². The second kappa shape index (κ2) is 7.89. The van der Waals surface area contributed by atoms with Crippen LogP contribution in [0.2, 0.25) is 0 Å². The Labute approximate surface area is 190 Å². The van der Waals surface area contributed by atoms with Crippen LogP contribution >= 0.6 is 0 Å². The van der Waals surface area contributed by atoms with Crippen molar-refractivity contribution in [2.75, 3.05) is 0 Å². The number of carbonyl (C=O) groups is 1. The number of aromatic nitrogens is 3. The molecule has 1 aliphatic carbocycles. The molecule has 164 valence electrons. The van der Waals surface area contributed by atoms with Gasteiger partial charge in [-0.25, -0.2) is 4.98 Å². The number of carbonyl (C=O) groups excluding carboxylic acids is 1. The van der Waals surface area contributed by atoms with Crippen LogP contribution in [0.25, 0.3) is 32.6 Å². The molecule has 2 heterocycles. The summed E-state index contributed by atoms with van der Waals surface area (Å²) in [6.07, 6.45) is 6.40. The van der Waals surface area contributed by atoms with Crippen LogP contribution in [-0.4, -0.2) is 20.9 Å². The highest BCUT2D eigenvalue weighted by atomic mass is 16.1. The first kappa shape index (κ1) is 19.7. The van der Waals surface area contributed by atoms with Crippen molar-refractivity contribution in [2.24, 2.45) is 0 Å². The summed E-state index contributed by atoms with van der Waals surface area (Å²) in [5, 5.41) is 6.02. The maximum Gasteiger partial charge on any atom is 0.256 e. The molecule has 1 amide bonds. The number of H-pyrrole nitrogens is 2. The average molecular weight is 437 g/mol. The number of rotatable bonds is 4. The zero-order valence-electron chi connectivity index (χ0n) is 18.2. The summed E-state index contributed by atoms with van der Waals surface area (Å²) in [5.41, 5.74) is 3.14. The first-order chi connectivity index (χ1) is 16.2. The summed E-state index contributed by atoms with van der Waals surface area (Å²) in [6.45, 7) is 0.447. The predicted octanol–water partition coefficient (Wildman–Crippen LogP) is 5.15. The van der Waals surface area contributed by atoms with Crippen LogP contribution in [0.5, 0.6) is 0 Å². The van der Waals surface area contributed by atoms with Gasteiger partial charge in [0.25, 0.3) is 11.5 Å². The van der Waals surface area contributed by atoms with Gasteiger partial charge in [-0.05, 0) is 42.0 Å². The van der Waals surface area contributed by atoms with E-state index in [0.717, 1.165) is 51.4 Å². The summed E-state index contributed by atoms with van der Waals surface area (Å²) in [7, 11) is 0. The first-order valence-corrected chi connectivity index (χ1v) is 11.5. The van der Waals surface area contributed by atoms with E-state index in [9.17, 15) is 9.59 Å². The fraction of sp³-hybridized carbons (Fsp3) is 0.222. The number of amides is 1. The number of hydrogen-bond donors (Lipinski definition) is 3. The second-order valence-corrected chi connectivity index (χ2v) is 8.85. The van der Waals surface area contributed by atoms with Crippen LogP contribution in [-0.2, 0) is 6.54 Å². The third kappa shape index (κ3) is 3.39. The third-order valence-corrected chi connectivity index (χ3v) is 6.80. The van der Waals surface area contributed by atoms with E-state index in [1.807, 2.05) is 54.6 Å². The molecule has 0 atom stereocenters. The summed E-state index contributed by atoms with van der Waals surface area (Å²) < 4.78 is 0. The Morgan fingerprint density at radius 2 is 1.82 bits per heavy atom. The van der Waals surface area contributed by atoms with Gasteiger partial charge in [0.1, 0.15) is 5.82 Å². The van der Waals surface area contributed by atoms with E-state index in [1.54, 1.807) is 6.20 Å². The minimum absolute atomic E-state index is 0.168. The fourth-order valence-electron chi connectivity index (χ4n) is 5.11. The van der Waals surface area contributed by atoms with Gasteiger partial charge in [-0.2, -0.15) is 0 Å². The maximum absolute atomic E-state index is 12.9. The molecule has 1 fully saturated rings. The Kier molecular flexibility index (Phi) is 4.72. The maximum atomic E-state index is 12.9. The number of aromatic amines is 2. The third-order valence-electron chi connectivity index (χ3n) is 6.80. The van der Waals surface area contributed by atoms with Gasteiger partial charge >= 0.3 is 0 Å². The Bertz CT molecular complexity index is 1560. The van der Waals surface area contributed by atoms with Crippen molar-refractivity contribution in [1.82, 2.24) is 20.3 Å². The van der Waals surface area contributed by atoms with Crippen molar-refractivity contribution in [1.29, 1.82) is 0 Å². The number of fused-ring (bicyclic) bond motifs is 6. The van der Waals surface area contributed by atoms with Crippen molar-refractivity contribution in [3.8, 4) is 0 Å². The summed E-state index contributed by atoms with van der Waals surface area (Å²) >= 11 is 0. The topological polar surface area (TPSA) is 90.6 Å². The molecule has 6 rings (SSSR count). The standard InChI is InChI=1S/C27H24N4O2/c32-26(29-15-16-6-2-1-3-7-16)18-10-11-19-21(14-18)22-20(12-13-28-27(22)33)24-23(19)30-25(31-24)17-8-4-5-9-17/h1-3,6-7,10-14,17H,4-5,8-9,15H2,(H,28,33)(H,29,32)(H,30,31). The molecule has 0 aliphatic heterocycles. The average Bonchev–Trinajstić information content (AvgIpc) is 3.53. The van der Waals surface area contributed by atoms with Gasteiger partial charge in [-0.3, -0.25) is 9.59 Å². The number of pyridine rings is 1. The number of imidazole rings is 1. The minimum Gasteiger partial charge on any atom is -0.348 e. The minimum atomic E-state index is -0.171. The van der Waals surface area contributed by atoms with Crippen molar-refractivity contribution in [2.45, 2.75) is 38.1 Å². The van der Waals surface area contributed by atoms with Gasteiger partial charge < -0.3 is 15.3 Å². The molecule has 0 unspecified atom stereocenters. The van der Waals surface area contributed by atoms with Crippen LogP contribution in [0, 0.1) is 0 Å². The van der Waals surface area contributed by atoms with E-state index in [4.69, 9.17) is 4.98 Å². The Hall–Kier alpha value is -3.93. The highest BCUT2D eigenvalue weighted by Crippen LogP contribution is 2.37. The number of benzene rings is 3. The zero-order chi connectivity index (χ0) is 22.4. The van der Waals surface area contributed by atoms with Gasteiger partial charge in [0.15, 0.2) is 0 Å². The lowest BCUT2D eigenvalue weighted by Crippen LogP contribution is -2.22. The summed E-state index contributed by atoms with van der Waals surface area (Å²) in [4.78, 5) is 37.1. The Morgan fingerprint density at radius 1 is 1.00 bits per heavy atom. The Morgan fingerprint density at radius 3 is 2.64 bits per heavy atom. The molecular weight excluding hydrogens is 412 g/mol. The molecule has 33 heavy (non-hydrogen) atoms. The molecule has 3 N–H and O–H groups in total. The zero-order valence-corrected chi connectivity index (χ0v) is 18.2. The lowest BCUT2D eigenvalue weighted by Gasteiger charge is -2.09. The lowest BCUT2D eigenvalue weighted by atomic mass is 9.99. The van der Waals surface area contributed by atoms with Gasteiger partial charge in [0, 0.05) is 35.0 Å². The van der Waals surface area contributed by atoms with Gasteiger partial charge in [-0.15, -0.1) is 0 Å². The van der Waals surface area contributed by atoms with Crippen LogP contribution in [0.3, 0.4) is 0 Å². The molecule has 3 aromatic carbocycles. The van der Waals surface area contributed by atoms with E-state index in [-0.39, 0.29) is 11.5 Å². The highest BCUT2D eigenvalue weighted by Gasteiger charge is 2.23. The molecule has 5 aromatic rings. The van der Waals surface area contributed by atoms with Crippen molar-refractivity contribution >= 4 is 38.5 Å². The van der Waals surface area contributed by atoms with Crippen LogP contribution in [0.15, 0.2) is 65.6 Å². The lowest BCUT2D eigenvalue weighted by molar-refractivity contribution is 0.0951. The number of nitrogens with one attached hydrogen (secondary N) is 3. The smallest absolute Gasteiger partial charge is 0.256 e. The van der Waals surface area contributed by atoms with Crippen molar-refractivity contribution in [3.63, 3.8) is 0 Å². The molecule has 1 saturated carbocycles. The molecule has 6 nitrogen and oxygen atoms in total. The van der Waals surface area contributed by atoms with Crippen molar-refractivity contribution in [3.05, 3.63) is 88.1 Å². The Balaban J connectivity index is 1.49. The number of hydrogen-bond acceptors (Lipinski definition) is 3. The van der Waals surface area contributed by atoms with E-state index in [0.29, 0.717) is 23.4 Å². The molecule has 0 bridgehead atoms. The summed E-state index contributed by atoms with van der Waals surface area (Å²) in [5.74, 6) is 1.27. The van der Waals surface area contributed by atoms with Crippen LogP contribution < -0.4 is 10.9 Å². The van der Waals surface area contributed by atoms with E-state index >= 15 is 0 Å².